The van der Waals surface area contributed by atoms with E-state index < -0.39 is 17.9 Å². The molecule has 4 rings (SSSR count). The molecule has 0 aliphatic carbocycles. The Labute approximate surface area is 207 Å². The Morgan fingerprint density at radius 1 is 1.06 bits per heavy atom. The summed E-state index contributed by atoms with van der Waals surface area (Å²) in [4.78, 5) is 27.9. The second-order valence-corrected chi connectivity index (χ2v) is 7.87. The lowest BCUT2D eigenvalue weighted by Gasteiger charge is -2.36. The molecule has 0 saturated carbocycles. The molecule has 1 aromatic heterocycles. The molecule has 10 nitrogen and oxygen atoms in total. The van der Waals surface area contributed by atoms with E-state index in [0.717, 1.165) is 5.56 Å². The molecule has 1 aliphatic heterocycles. The maximum Gasteiger partial charge on any atom is 0.355 e. The second-order valence-electron chi connectivity index (χ2n) is 7.87. The lowest BCUT2D eigenvalue weighted by atomic mass is 9.80. The van der Waals surface area contributed by atoms with Crippen molar-refractivity contribution in [1.82, 2.24) is 14.8 Å². The number of aromatic nitrogens is 3. The topological polar surface area (TPSA) is 136 Å². The lowest BCUT2D eigenvalue weighted by Crippen LogP contribution is -2.41. The van der Waals surface area contributed by atoms with Crippen LogP contribution in [0.15, 0.2) is 83.8 Å². The quantitative estimate of drug-likeness (QED) is 0.524. The minimum Gasteiger partial charge on any atom is -0.466 e. The number of carbonyl (C=O) groups excluding carboxylic acids is 2. The zero-order valence-electron chi connectivity index (χ0n) is 20.0. The van der Waals surface area contributed by atoms with Crippen LogP contribution >= 0.6 is 0 Å². The van der Waals surface area contributed by atoms with Crippen LogP contribution in [0, 0.1) is 11.3 Å². The van der Waals surface area contributed by atoms with Crippen molar-refractivity contribution in [3.8, 4) is 11.8 Å². The maximum atomic E-state index is 13.3. The Bertz CT molecular complexity index is 1400. The minimum absolute atomic E-state index is 0.00927. The van der Waals surface area contributed by atoms with Crippen LogP contribution in [0.1, 0.15) is 24.0 Å². The first kappa shape index (κ1) is 24.2. The summed E-state index contributed by atoms with van der Waals surface area (Å²) < 4.78 is 11.9. The molecule has 2 N–H and O–H groups in total. The Morgan fingerprint density at radius 3 is 2.31 bits per heavy atom. The largest absolute Gasteiger partial charge is 0.466 e. The van der Waals surface area contributed by atoms with E-state index >= 15 is 0 Å². The third-order valence-corrected chi connectivity index (χ3v) is 6.02. The van der Waals surface area contributed by atoms with Crippen LogP contribution in [0.2, 0.25) is 0 Å². The van der Waals surface area contributed by atoms with Crippen molar-refractivity contribution in [2.45, 2.75) is 19.3 Å². The molecule has 2 aromatic carbocycles. The number of ether oxygens (including phenoxy) is 2. The van der Waals surface area contributed by atoms with Gasteiger partial charge >= 0.3 is 11.9 Å². The zero-order valence-corrected chi connectivity index (χ0v) is 20.0. The van der Waals surface area contributed by atoms with Gasteiger partial charge < -0.3 is 15.2 Å². The van der Waals surface area contributed by atoms with Crippen molar-refractivity contribution in [2.75, 3.05) is 19.1 Å². The van der Waals surface area contributed by atoms with E-state index in [-0.39, 0.29) is 22.7 Å². The van der Waals surface area contributed by atoms with E-state index in [1.54, 1.807) is 34.9 Å². The molecule has 0 amide bonds. The van der Waals surface area contributed by atoms with Crippen molar-refractivity contribution in [2.24, 2.45) is 5.73 Å². The summed E-state index contributed by atoms with van der Waals surface area (Å²) in [6.07, 6.45) is 3.64. The summed E-state index contributed by atoms with van der Waals surface area (Å²) in [5, 5.41) is 17.9. The zero-order chi connectivity index (χ0) is 25.8. The molecular formula is C26H24N6O4. The van der Waals surface area contributed by atoms with E-state index in [1.807, 2.05) is 25.1 Å². The summed E-state index contributed by atoms with van der Waals surface area (Å²) >= 11 is 0. The molecule has 0 saturated heterocycles. The van der Waals surface area contributed by atoms with Crippen molar-refractivity contribution >= 4 is 17.6 Å². The number of anilines is 1. The third kappa shape index (κ3) is 4.07. The fourth-order valence-electron chi connectivity index (χ4n) is 4.32. The number of aryl methyl sites for hydroxylation is 1. The van der Waals surface area contributed by atoms with Gasteiger partial charge in [-0.2, -0.15) is 5.26 Å². The van der Waals surface area contributed by atoms with E-state index in [2.05, 4.69) is 16.3 Å². The standard InChI is InChI=1S/C26H24N6O4/c1-4-16-10-11-18(31-14-29-30-15-31)12-20(16)32-23(26(34)36-3)22(25(33)35-2)21(19(13-27)24(32)28)17-8-6-5-7-9-17/h5-12,14-15,21H,4,28H2,1-3H3. The predicted octanol–water partition coefficient (Wildman–Crippen LogP) is 2.73. The molecule has 0 spiro atoms. The van der Waals surface area contributed by atoms with Gasteiger partial charge in [0.1, 0.15) is 24.2 Å². The van der Waals surface area contributed by atoms with Crippen LogP contribution in [0.4, 0.5) is 5.69 Å². The summed E-state index contributed by atoms with van der Waals surface area (Å²) in [6.45, 7) is 1.95. The Balaban J connectivity index is 2.08. The Hall–Kier alpha value is -4.91. The number of methoxy groups -OCH3 is 2. The number of allylic oxidation sites excluding steroid dienone is 1. The van der Waals surface area contributed by atoms with Crippen LogP contribution in [-0.2, 0) is 25.5 Å². The van der Waals surface area contributed by atoms with Crippen LogP contribution in [0.5, 0.6) is 0 Å². The molecule has 3 aromatic rings. The molecule has 0 fully saturated rings. The molecule has 2 heterocycles. The highest BCUT2D eigenvalue weighted by Crippen LogP contribution is 2.44. The lowest BCUT2D eigenvalue weighted by molar-refractivity contribution is -0.139. The van der Waals surface area contributed by atoms with Gasteiger partial charge in [-0.15, -0.1) is 10.2 Å². The Kier molecular flexibility index (Phi) is 6.83. The number of benzene rings is 2. The van der Waals surface area contributed by atoms with Gasteiger partial charge in [0.15, 0.2) is 0 Å². The molecule has 0 bridgehead atoms. The average molecular weight is 485 g/mol. The first-order valence-corrected chi connectivity index (χ1v) is 11.1. The summed E-state index contributed by atoms with van der Waals surface area (Å²) in [7, 11) is 2.43. The van der Waals surface area contributed by atoms with Gasteiger partial charge in [0.05, 0.1) is 48.7 Å². The van der Waals surface area contributed by atoms with Crippen molar-refractivity contribution < 1.29 is 19.1 Å². The number of hydrogen-bond acceptors (Lipinski definition) is 9. The first-order valence-electron chi connectivity index (χ1n) is 11.1. The van der Waals surface area contributed by atoms with E-state index in [0.29, 0.717) is 23.4 Å². The number of hydrogen-bond donors (Lipinski definition) is 1. The van der Waals surface area contributed by atoms with Crippen molar-refractivity contribution in [1.29, 1.82) is 5.26 Å². The highest BCUT2D eigenvalue weighted by molar-refractivity contribution is 6.06. The van der Waals surface area contributed by atoms with E-state index in [9.17, 15) is 14.9 Å². The summed E-state index contributed by atoms with van der Waals surface area (Å²) in [5.41, 5.74) is 9.18. The number of nitriles is 1. The van der Waals surface area contributed by atoms with Gasteiger partial charge in [0.25, 0.3) is 0 Å². The van der Waals surface area contributed by atoms with Crippen LogP contribution < -0.4 is 10.6 Å². The van der Waals surface area contributed by atoms with Gasteiger partial charge in [-0.1, -0.05) is 43.3 Å². The van der Waals surface area contributed by atoms with E-state index in [1.165, 1.54) is 31.8 Å². The molecule has 0 radical (unpaired) electrons. The molecule has 1 unspecified atom stereocenters. The highest BCUT2D eigenvalue weighted by atomic mass is 16.5. The number of esters is 2. The number of rotatable bonds is 6. The molecule has 1 atom stereocenters. The number of nitrogens with zero attached hydrogens (tertiary/aromatic N) is 5. The molecule has 36 heavy (non-hydrogen) atoms. The number of nitrogens with two attached hydrogens (primary N) is 1. The van der Waals surface area contributed by atoms with Gasteiger partial charge in [-0.3, -0.25) is 9.47 Å². The van der Waals surface area contributed by atoms with E-state index in [4.69, 9.17) is 15.2 Å². The SMILES string of the molecule is CCc1ccc(-n2cnnc2)cc1N1C(N)=C(C#N)C(c2ccccc2)C(C(=O)OC)=C1C(=O)OC. The van der Waals surface area contributed by atoms with Gasteiger partial charge in [-0.05, 0) is 29.7 Å². The fraction of sp³-hybridized carbons (Fsp3) is 0.192. The summed E-state index contributed by atoms with van der Waals surface area (Å²) in [5.74, 6) is -2.49. The van der Waals surface area contributed by atoms with Crippen molar-refractivity contribution in [3.63, 3.8) is 0 Å². The van der Waals surface area contributed by atoms with Crippen LogP contribution in [0.25, 0.3) is 5.69 Å². The molecule has 1 aliphatic rings. The third-order valence-electron chi connectivity index (χ3n) is 6.02. The second kappa shape index (κ2) is 10.1. The normalized spacial score (nSPS) is 15.5. The van der Waals surface area contributed by atoms with Crippen LogP contribution in [-0.4, -0.2) is 40.9 Å². The molecule has 182 valence electrons. The maximum absolute atomic E-state index is 13.3. The minimum atomic E-state index is -0.930. The fourth-order valence-corrected chi connectivity index (χ4v) is 4.32. The number of carbonyl (C=O) groups is 2. The smallest absolute Gasteiger partial charge is 0.355 e. The first-order chi connectivity index (χ1) is 17.5. The van der Waals surface area contributed by atoms with Crippen molar-refractivity contribution in [3.05, 3.63) is 95.0 Å². The monoisotopic (exact) mass is 484 g/mol. The van der Waals surface area contributed by atoms with Crippen LogP contribution in [0.3, 0.4) is 0 Å². The van der Waals surface area contributed by atoms with Gasteiger partial charge in [-0.25, -0.2) is 9.59 Å². The van der Waals surface area contributed by atoms with Gasteiger partial charge in [0.2, 0.25) is 0 Å². The predicted molar refractivity (Wildman–Crippen MR) is 130 cm³/mol. The van der Waals surface area contributed by atoms with Gasteiger partial charge in [0, 0.05) is 0 Å². The highest BCUT2D eigenvalue weighted by Gasteiger charge is 2.43. The Morgan fingerprint density at radius 2 is 1.72 bits per heavy atom. The average Bonchev–Trinajstić information content (AvgIpc) is 3.46. The summed E-state index contributed by atoms with van der Waals surface area (Å²) in [6, 6.07) is 16.6. The molecule has 10 heteroatoms. The molecular weight excluding hydrogens is 460 g/mol.